The second-order valence-electron chi connectivity index (χ2n) is 7.85. The minimum Gasteiger partial charge on any atom is -0.496 e. The molecule has 1 atom stereocenters. The van der Waals surface area contributed by atoms with Crippen LogP contribution in [0, 0.1) is 0 Å². The van der Waals surface area contributed by atoms with Crippen LogP contribution in [0.2, 0.25) is 0 Å². The number of nitrogens with one attached hydrogen (secondary N) is 1. The molecule has 0 aliphatic carbocycles. The molecule has 0 fully saturated rings. The maximum atomic E-state index is 14.9. The zero-order valence-corrected chi connectivity index (χ0v) is 18.7. The van der Waals surface area contributed by atoms with E-state index in [0.717, 1.165) is 17.7 Å². The van der Waals surface area contributed by atoms with Crippen molar-refractivity contribution in [2.45, 2.75) is 31.7 Å². The van der Waals surface area contributed by atoms with Crippen LogP contribution in [0.15, 0.2) is 66.7 Å². The topological polar surface area (TPSA) is 75.6 Å². The third-order valence-electron chi connectivity index (χ3n) is 5.42. The maximum absolute atomic E-state index is 14.9. The first kappa shape index (κ1) is 25.7. The van der Waals surface area contributed by atoms with Gasteiger partial charge in [-0.1, -0.05) is 30.3 Å². The van der Waals surface area contributed by atoms with Crippen molar-refractivity contribution in [2.75, 3.05) is 7.11 Å². The number of amides is 1. The Kier molecular flexibility index (Phi) is 8.11. The highest BCUT2D eigenvalue weighted by atomic mass is 19.4. The molecule has 3 aromatic carbocycles. The molecule has 0 radical (unpaired) electrons. The molecule has 9 heteroatoms. The van der Waals surface area contributed by atoms with Gasteiger partial charge in [0.1, 0.15) is 11.9 Å². The summed E-state index contributed by atoms with van der Waals surface area (Å²) in [5.41, 5.74) is 0.664. The minimum absolute atomic E-state index is 0.0606. The smallest absolute Gasteiger partial charge is 0.416 e. The fourth-order valence-electron chi connectivity index (χ4n) is 3.51. The van der Waals surface area contributed by atoms with Gasteiger partial charge in [0, 0.05) is 6.54 Å². The molecule has 0 aromatic heterocycles. The summed E-state index contributed by atoms with van der Waals surface area (Å²) < 4.78 is 58.9. The molecular formula is C26H23F4NO4. The highest BCUT2D eigenvalue weighted by molar-refractivity contribution is 5.97. The van der Waals surface area contributed by atoms with Crippen molar-refractivity contribution in [3.63, 3.8) is 0 Å². The summed E-state index contributed by atoms with van der Waals surface area (Å²) in [4.78, 5) is 23.7. The van der Waals surface area contributed by atoms with E-state index in [1.165, 1.54) is 49.6 Å². The molecule has 0 bridgehead atoms. The summed E-state index contributed by atoms with van der Waals surface area (Å²) in [5, 5.41) is 11.5. The SMILES string of the molecule is COc1ccc(C(F)CCc2ccc(C(=O)O)cc2)cc1C(=O)NCc1cccc(C(F)(F)F)c1. The number of carboxylic acids is 1. The van der Waals surface area contributed by atoms with Crippen molar-refractivity contribution >= 4 is 11.9 Å². The zero-order chi connectivity index (χ0) is 25.6. The van der Waals surface area contributed by atoms with Crippen LogP contribution >= 0.6 is 0 Å². The molecule has 3 rings (SSSR count). The summed E-state index contributed by atoms with van der Waals surface area (Å²) in [6, 6.07) is 15.1. The zero-order valence-electron chi connectivity index (χ0n) is 18.7. The Morgan fingerprint density at radius 2 is 1.71 bits per heavy atom. The third kappa shape index (κ3) is 6.81. The second kappa shape index (κ2) is 11.0. The van der Waals surface area contributed by atoms with Crippen LogP contribution in [0.1, 0.15) is 55.6 Å². The second-order valence-corrected chi connectivity index (χ2v) is 7.85. The monoisotopic (exact) mass is 489 g/mol. The molecule has 0 heterocycles. The first-order valence-corrected chi connectivity index (χ1v) is 10.7. The Morgan fingerprint density at radius 1 is 1.00 bits per heavy atom. The van der Waals surface area contributed by atoms with E-state index in [1.807, 2.05) is 0 Å². The number of hydrogen-bond donors (Lipinski definition) is 2. The summed E-state index contributed by atoms with van der Waals surface area (Å²) in [6.45, 7) is -0.151. The number of methoxy groups -OCH3 is 1. The largest absolute Gasteiger partial charge is 0.496 e. The number of ether oxygens (including phenoxy) is 1. The Balaban J connectivity index is 1.68. The Morgan fingerprint density at radius 3 is 2.34 bits per heavy atom. The molecule has 1 amide bonds. The lowest BCUT2D eigenvalue weighted by Crippen LogP contribution is -2.24. The first-order valence-electron chi connectivity index (χ1n) is 10.7. The fraction of sp³-hybridized carbons (Fsp3) is 0.231. The van der Waals surface area contributed by atoms with Crippen molar-refractivity contribution in [2.24, 2.45) is 0 Å². The minimum atomic E-state index is -4.49. The predicted octanol–water partition coefficient (Wildman–Crippen LogP) is 5.99. The van der Waals surface area contributed by atoms with E-state index in [4.69, 9.17) is 9.84 Å². The molecule has 2 N–H and O–H groups in total. The number of hydrogen-bond acceptors (Lipinski definition) is 3. The maximum Gasteiger partial charge on any atom is 0.416 e. The van der Waals surface area contributed by atoms with Gasteiger partial charge in [-0.3, -0.25) is 4.79 Å². The van der Waals surface area contributed by atoms with E-state index in [0.29, 0.717) is 6.42 Å². The number of benzene rings is 3. The Bertz CT molecular complexity index is 1190. The van der Waals surface area contributed by atoms with Crippen molar-refractivity contribution in [1.29, 1.82) is 0 Å². The van der Waals surface area contributed by atoms with E-state index >= 15 is 0 Å². The molecule has 0 spiro atoms. The summed E-state index contributed by atoms with van der Waals surface area (Å²) >= 11 is 0. The van der Waals surface area contributed by atoms with Gasteiger partial charge in [0.2, 0.25) is 0 Å². The highest BCUT2D eigenvalue weighted by Crippen LogP contribution is 2.30. The van der Waals surface area contributed by atoms with Crippen molar-refractivity contribution in [3.8, 4) is 5.75 Å². The van der Waals surface area contributed by atoms with Crippen LogP contribution < -0.4 is 10.1 Å². The van der Waals surface area contributed by atoms with Gasteiger partial charge in [-0.25, -0.2) is 9.18 Å². The van der Waals surface area contributed by atoms with Gasteiger partial charge in [-0.15, -0.1) is 0 Å². The summed E-state index contributed by atoms with van der Waals surface area (Å²) in [7, 11) is 1.35. The number of aromatic carboxylic acids is 1. The quantitative estimate of drug-likeness (QED) is 0.363. The van der Waals surface area contributed by atoms with Crippen LogP contribution in [0.25, 0.3) is 0 Å². The first-order chi connectivity index (χ1) is 16.6. The lowest BCUT2D eigenvalue weighted by molar-refractivity contribution is -0.137. The van der Waals surface area contributed by atoms with Crippen LogP contribution in [-0.2, 0) is 19.1 Å². The normalized spacial score (nSPS) is 12.1. The van der Waals surface area contributed by atoms with E-state index < -0.39 is 29.8 Å². The molecule has 0 aliphatic rings. The number of rotatable bonds is 9. The number of aryl methyl sites for hydroxylation is 1. The van der Waals surface area contributed by atoms with Crippen LogP contribution in [0.4, 0.5) is 17.6 Å². The fourth-order valence-corrected chi connectivity index (χ4v) is 3.51. The number of carbonyl (C=O) groups excluding carboxylic acids is 1. The molecule has 0 saturated carbocycles. The number of alkyl halides is 4. The molecule has 1 unspecified atom stereocenters. The molecule has 0 aliphatic heterocycles. The van der Waals surface area contributed by atoms with Crippen LogP contribution in [0.3, 0.4) is 0 Å². The lowest BCUT2D eigenvalue weighted by atomic mass is 9.99. The van der Waals surface area contributed by atoms with E-state index in [2.05, 4.69) is 5.32 Å². The van der Waals surface area contributed by atoms with Gasteiger partial charge in [0.05, 0.1) is 23.8 Å². The van der Waals surface area contributed by atoms with E-state index in [1.54, 1.807) is 12.1 Å². The van der Waals surface area contributed by atoms with Gasteiger partial charge in [0.25, 0.3) is 5.91 Å². The average Bonchev–Trinajstić information content (AvgIpc) is 2.85. The highest BCUT2D eigenvalue weighted by Gasteiger charge is 2.30. The third-order valence-corrected chi connectivity index (χ3v) is 5.42. The van der Waals surface area contributed by atoms with Gasteiger partial charge in [0.15, 0.2) is 0 Å². The summed E-state index contributed by atoms with van der Waals surface area (Å²) in [5.74, 6) is -1.46. The van der Waals surface area contributed by atoms with Crippen LogP contribution in [0.5, 0.6) is 5.75 Å². The molecule has 5 nitrogen and oxygen atoms in total. The van der Waals surface area contributed by atoms with Crippen LogP contribution in [-0.4, -0.2) is 24.1 Å². The van der Waals surface area contributed by atoms with E-state index in [9.17, 15) is 27.2 Å². The van der Waals surface area contributed by atoms with Crippen molar-refractivity contribution in [3.05, 3.63) is 100 Å². The molecule has 0 saturated heterocycles. The van der Waals surface area contributed by atoms with Gasteiger partial charge in [-0.05, 0) is 65.9 Å². The van der Waals surface area contributed by atoms with Gasteiger partial charge in [-0.2, -0.15) is 13.2 Å². The van der Waals surface area contributed by atoms with Gasteiger partial charge >= 0.3 is 12.1 Å². The Labute approximate surface area is 199 Å². The molecule has 184 valence electrons. The molecular weight excluding hydrogens is 466 g/mol. The van der Waals surface area contributed by atoms with Gasteiger partial charge < -0.3 is 15.2 Å². The predicted molar refractivity (Wildman–Crippen MR) is 121 cm³/mol. The van der Waals surface area contributed by atoms with E-state index in [-0.39, 0.29) is 41.0 Å². The number of halogens is 4. The average molecular weight is 489 g/mol. The lowest BCUT2D eigenvalue weighted by Gasteiger charge is -2.14. The van der Waals surface area contributed by atoms with Crippen molar-refractivity contribution in [1.82, 2.24) is 5.32 Å². The Hall–Kier alpha value is -3.88. The number of carboxylic acid groups (broad SMARTS) is 1. The molecule has 3 aromatic rings. The number of carbonyl (C=O) groups is 2. The van der Waals surface area contributed by atoms with Crippen molar-refractivity contribution < 1.29 is 37.0 Å². The summed E-state index contributed by atoms with van der Waals surface area (Å²) in [6.07, 6.45) is -5.45. The molecule has 35 heavy (non-hydrogen) atoms. The standard InChI is InChI=1S/C26H23F4NO4/c1-35-23-12-10-19(22(27)11-7-16-5-8-18(9-6-16)25(33)34)14-21(23)24(32)31-15-17-3-2-4-20(13-17)26(28,29)30/h2-6,8-10,12-14,22H,7,11,15H2,1H3,(H,31,32)(H,33,34).